The number of hydrogen-bond acceptors (Lipinski definition) is 6. The lowest BCUT2D eigenvalue weighted by molar-refractivity contribution is 0.248. The van der Waals surface area contributed by atoms with Crippen LogP contribution in [-0.2, 0) is 6.54 Å². The molecular weight excluding hydrogens is 277 g/mol. The summed E-state index contributed by atoms with van der Waals surface area (Å²) in [5.41, 5.74) is 6.26. The number of anilines is 2. The Kier molecular flexibility index (Phi) is 3.79. The third-order valence-corrected chi connectivity index (χ3v) is 4.14. The van der Waals surface area contributed by atoms with Gasteiger partial charge in [-0.15, -0.1) is 10.2 Å². The maximum absolute atomic E-state index is 13.7. The van der Waals surface area contributed by atoms with Gasteiger partial charge in [0.2, 0.25) is 5.13 Å². The molecule has 0 bridgehead atoms. The smallest absolute Gasteiger partial charge is 0.203 e. The van der Waals surface area contributed by atoms with Gasteiger partial charge >= 0.3 is 0 Å². The summed E-state index contributed by atoms with van der Waals surface area (Å²) >= 11 is 1.42. The number of piperazine rings is 1. The van der Waals surface area contributed by atoms with Crippen LogP contribution in [-0.4, -0.2) is 41.3 Å². The Morgan fingerprint density at radius 1 is 1.15 bits per heavy atom. The normalized spacial score (nSPS) is 16.6. The highest BCUT2D eigenvalue weighted by atomic mass is 32.1. The summed E-state index contributed by atoms with van der Waals surface area (Å²) < 4.78 is 13.7. The monoisotopic (exact) mass is 293 g/mol. The predicted molar refractivity (Wildman–Crippen MR) is 78.2 cm³/mol. The largest absolute Gasteiger partial charge is 0.374 e. The van der Waals surface area contributed by atoms with Gasteiger partial charge in [0.15, 0.2) is 0 Å². The van der Waals surface area contributed by atoms with Crippen molar-refractivity contribution in [2.24, 2.45) is 0 Å². The fourth-order valence-electron chi connectivity index (χ4n) is 2.38. The minimum Gasteiger partial charge on any atom is -0.374 e. The lowest BCUT2D eigenvalue weighted by Crippen LogP contribution is -2.46. The number of nitrogens with zero attached hydrogens (tertiary/aromatic N) is 4. The van der Waals surface area contributed by atoms with Crippen LogP contribution in [0.1, 0.15) is 5.01 Å². The van der Waals surface area contributed by atoms with E-state index in [4.69, 9.17) is 5.73 Å². The fourth-order valence-corrected chi connectivity index (χ4v) is 3.03. The second kappa shape index (κ2) is 5.72. The minimum absolute atomic E-state index is 0.155. The van der Waals surface area contributed by atoms with Crippen molar-refractivity contribution in [2.75, 3.05) is 36.8 Å². The molecule has 0 amide bonds. The summed E-state index contributed by atoms with van der Waals surface area (Å²) in [6.45, 7) is 4.16. The standard InChI is InChI=1S/C13H16FN5S/c14-10-3-1-2-4-11(10)19-7-5-18(6-8-19)9-12-16-17-13(15)20-12/h1-4H,5-9H2,(H2,15,17). The van der Waals surface area contributed by atoms with Crippen molar-refractivity contribution in [2.45, 2.75) is 6.54 Å². The predicted octanol–water partition coefficient (Wildman–Crippen LogP) is 1.58. The lowest BCUT2D eigenvalue weighted by atomic mass is 10.2. The molecule has 1 aromatic heterocycles. The number of aromatic nitrogens is 2. The molecule has 20 heavy (non-hydrogen) atoms. The molecule has 1 aliphatic rings. The third-order valence-electron chi connectivity index (χ3n) is 3.41. The molecule has 0 unspecified atom stereocenters. The van der Waals surface area contributed by atoms with E-state index in [2.05, 4.69) is 20.0 Å². The first-order valence-electron chi connectivity index (χ1n) is 6.52. The highest BCUT2D eigenvalue weighted by Crippen LogP contribution is 2.21. The van der Waals surface area contributed by atoms with Crippen molar-refractivity contribution in [1.29, 1.82) is 0 Å². The van der Waals surface area contributed by atoms with Crippen LogP contribution in [0.5, 0.6) is 0 Å². The molecule has 0 aliphatic carbocycles. The molecule has 5 nitrogen and oxygen atoms in total. The summed E-state index contributed by atoms with van der Waals surface area (Å²) in [7, 11) is 0. The van der Waals surface area contributed by atoms with Crippen molar-refractivity contribution in [1.82, 2.24) is 15.1 Å². The molecule has 1 fully saturated rings. The van der Waals surface area contributed by atoms with Crippen LogP contribution >= 0.6 is 11.3 Å². The van der Waals surface area contributed by atoms with Gasteiger partial charge in [-0.05, 0) is 12.1 Å². The zero-order valence-electron chi connectivity index (χ0n) is 11.0. The van der Waals surface area contributed by atoms with Crippen LogP contribution in [0.15, 0.2) is 24.3 Å². The molecule has 0 radical (unpaired) electrons. The average Bonchev–Trinajstić information content (AvgIpc) is 2.86. The van der Waals surface area contributed by atoms with Crippen LogP contribution < -0.4 is 10.6 Å². The first kappa shape index (κ1) is 13.3. The second-order valence-corrected chi connectivity index (χ2v) is 5.84. The van der Waals surface area contributed by atoms with Gasteiger partial charge < -0.3 is 10.6 Å². The molecule has 1 aromatic carbocycles. The van der Waals surface area contributed by atoms with Gasteiger partial charge in [-0.3, -0.25) is 4.90 Å². The summed E-state index contributed by atoms with van der Waals surface area (Å²) in [4.78, 5) is 4.37. The van der Waals surface area contributed by atoms with E-state index in [1.807, 2.05) is 12.1 Å². The molecule has 0 saturated carbocycles. The molecule has 0 spiro atoms. The van der Waals surface area contributed by atoms with Crippen molar-refractivity contribution < 1.29 is 4.39 Å². The van der Waals surface area contributed by atoms with E-state index in [1.165, 1.54) is 17.4 Å². The van der Waals surface area contributed by atoms with E-state index in [-0.39, 0.29) is 5.82 Å². The van der Waals surface area contributed by atoms with Crippen LogP contribution in [0, 0.1) is 5.82 Å². The first-order valence-corrected chi connectivity index (χ1v) is 7.34. The molecule has 1 saturated heterocycles. The van der Waals surface area contributed by atoms with Gasteiger partial charge in [0.1, 0.15) is 10.8 Å². The molecule has 106 valence electrons. The third kappa shape index (κ3) is 2.88. The summed E-state index contributed by atoms with van der Waals surface area (Å²) in [6, 6.07) is 6.92. The number of halogens is 1. The first-order chi connectivity index (χ1) is 9.72. The fraction of sp³-hybridized carbons (Fsp3) is 0.385. The summed E-state index contributed by atoms with van der Waals surface area (Å²) in [5, 5.41) is 9.28. The van der Waals surface area contributed by atoms with Crippen molar-refractivity contribution in [3.8, 4) is 0 Å². The van der Waals surface area contributed by atoms with Gasteiger partial charge in [0.25, 0.3) is 0 Å². The van der Waals surface area contributed by atoms with Crippen molar-refractivity contribution in [3.05, 3.63) is 35.1 Å². The highest BCUT2D eigenvalue weighted by Gasteiger charge is 2.20. The quantitative estimate of drug-likeness (QED) is 0.931. The number of nitrogens with two attached hydrogens (primary N) is 1. The molecule has 2 heterocycles. The summed E-state index contributed by atoms with van der Waals surface area (Å²) in [6.07, 6.45) is 0. The Hall–Kier alpha value is -1.73. The molecular formula is C13H16FN5S. The van der Waals surface area contributed by atoms with Gasteiger partial charge in [0, 0.05) is 26.2 Å². The number of para-hydroxylation sites is 1. The van der Waals surface area contributed by atoms with Crippen molar-refractivity contribution >= 4 is 22.2 Å². The van der Waals surface area contributed by atoms with E-state index in [0.717, 1.165) is 37.7 Å². The Bertz CT molecular complexity index is 580. The Morgan fingerprint density at radius 2 is 1.90 bits per heavy atom. The number of hydrogen-bond donors (Lipinski definition) is 1. The van der Waals surface area contributed by atoms with Gasteiger partial charge in [-0.2, -0.15) is 0 Å². The summed E-state index contributed by atoms with van der Waals surface area (Å²) in [5.74, 6) is -0.155. The molecule has 2 aromatic rings. The van der Waals surface area contributed by atoms with Gasteiger partial charge in [-0.25, -0.2) is 4.39 Å². The van der Waals surface area contributed by atoms with Gasteiger partial charge in [0.05, 0.1) is 12.2 Å². The zero-order valence-corrected chi connectivity index (χ0v) is 11.8. The Balaban J connectivity index is 1.58. The van der Waals surface area contributed by atoms with Crippen LogP contribution in [0.3, 0.4) is 0 Å². The average molecular weight is 293 g/mol. The SMILES string of the molecule is Nc1nnc(CN2CCN(c3ccccc3F)CC2)s1. The highest BCUT2D eigenvalue weighted by molar-refractivity contribution is 7.15. The van der Waals surface area contributed by atoms with Crippen molar-refractivity contribution in [3.63, 3.8) is 0 Å². The topological polar surface area (TPSA) is 58.3 Å². The van der Waals surface area contributed by atoms with E-state index in [9.17, 15) is 4.39 Å². The minimum atomic E-state index is -0.155. The van der Waals surface area contributed by atoms with E-state index in [0.29, 0.717) is 10.8 Å². The molecule has 1 aliphatic heterocycles. The van der Waals surface area contributed by atoms with E-state index < -0.39 is 0 Å². The maximum Gasteiger partial charge on any atom is 0.203 e. The van der Waals surface area contributed by atoms with Gasteiger partial charge in [-0.1, -0.05) is 23.5 Å². The molecule has 0 atom stereocenters. The second-order valence-electron chi connectivity index (χ2n) is 4.75. The number of rotatable bonds is 3. The molecule has 3 rings (SSSR count). The number of nitrogen functional groups attached to an aromatic ring is 1. The lowest BCUT2D eigenvalue weighted by Gasteiger charge is -2.35. The molecule has 2 N–H and O–H groups in total. The van der Waals surface area contributed by atoms with E-state index >= 15 is 0 Å². The van der Waals surface area contributed by atoms with Crippen LogP contribution in [0.4, 0.5) is 15.2 Å². The number of benzene rings is 1. The maximum atomic E-state index is 13.7. The van der Waals surface area contributed by atoms with E-state index in [1.54, 1.807) is 6.07 Å². The van der Waals surface area contributed by atoms with Crippen LogP contribution in [0.2, 0.25) is 0 Å². The molecule has 7 heteroatoms. The zero-order chi connectivity index (χ0) is 13.9. The van der Waals surface area contributed by atoms with Crippen LogP contribution in [0.25, 0.3) is 0 Å². The Morgan fingerprint density at radius 3 is 2.55 bits per heavy atom. The Labute approximate surface area is 120 Å².